The monoisotopic (exact) mass is 394 g/mol. The van der Waals surface area contributed by atoms with Crippen LogP contribution >= 0.6 is 0 Å². The van der Waals surface area contributed by atoms with Crippen molar-refractivity contribution < 1.29 is 5.11 Å². The molecule has 0 spiro atoms. The molecule has 0 aliphatic carbocycles. The number of fused-ring (bicyclic) bond motifs is 3. The molecule has 9 heteroatoms. The molecule has 3 aromatic rings. The van der Waals surface area contributed by atoms with Gasteiger partial charge in [-0.1, -0.05) is 0 Å². The van der Waals surface area contributed by atoms with Gasteiger partial charge in [0.25, 0.3) is 0 Å². The van der Waals surface area contributed by atoms with Gasteiger partial charge in [-0.05, 0) is 32.0 Å². The van der Waals surface area contributed by atoms with E-state index >= 15 is 0 Å². The predicted molar refractivity (Wildman–Crippen MR) is 112 cm³/mol. The van der Waals surface area contributed by atoms with Crippen molar-refractivity contribution in [2.75, 3.05) is 42.9 Å². The van der Waals surface area contributed by atoms with E-state index in [1.165, 1.54) is 0 Å². The lowest BCUT2D eigenvalue weighted by Crippen LogP contribution is -2.46. The Labute approximate surface area is 169 Å². The van der Waals surface area contributed by atoms with Gasteiger partial charge in [-0.2, -0.15) is 4.98 Å². The molecule has 29 heavy (non-hydrogen) atoms. The van der Waals surface area contributed by atoms with Gasteiger partial charge in [0.15, 0.2) is 0 Å². The Bertz CT molecular complexity index is 1020. The number of anilines is 3. The molecule has 0 amide bonds. The number of hydrogen-bond donors (Lipinski definition) is 4. The summed E-state index contributed by atoms with van der Waals surface area (Å²) in [5.74, 6) is 1.19. The van der Waals surface area contributed by atoms with Crippen molar-refractivity contribution in [2.24, 2.45) is 0 Å². The Morgan fingerprint density at radius 2 is 2.00 bits per heavy atom. The first kappa shape index (κ1) is 18.3. The van der Waals surface area contributed by atoms with Gasteiger partial charge in [-0.15, -0.1) is 0 Å². The molecule has 5 rings (SSSR count). The molecule has 2 aliphatic rings. The summed E-state index contributed by atoms with van der Waals surface area (Å²) in [7, 11) is 0. The zero-order valence-electron chi connectivity index (χ0n) is 16.7. The quantitative estimate of drug-likeness (QED) is 0.527. The average molecular weight is 394 g/mol. The van der Waals surface area contributed by atoms with Crippen LogP contribution in [0.25, 0.3) is 11.0 Å². The third-order valence-corrected chi connectivity index (χ3v) is 5.65. The third-order valence-electron chi connectivity index (χ3n) is 5.65. The van der Waals surface area contributed by atoms with E-state index in [2.05, 4.69) is 55.3 Å². The molecule has 5 heterocycles. The Morgan fingerprint density at radius 3 is 2.76 bits per heavy atom. The minimum absolute atomic E-state index is 0.203. The van der Waals surface area contributed by atoms with Crippen molar-refractivity contribution in [3.05, 3.63) is 36.3 Å². The fourth-order valence-electron chi connectivity index (χ4n) is 4.12. The van der Waals surface area contributed by atoms with E-state index in [0.717, 1.165) is 48.6 Å². The molecular formula is C20H26N8O. The number of nitrogens with one attached hydrogen (secondary N) is 3. The molecule has 0 bridgehead atoms. The van der Waals surface area contributed by atoms with Gasteiger partial charge < -0.3 is 25.2 Å². The van der Waals surface area contributed by atoms with Gasteiger partial charge in [0.2, 0.25) is 5.95 Å². The number of nitrogens with zero attached hydrogens (tertiary/aromatic N) is 5. The third kappa shape index (κ3) is 3.31. The van der Waals surface area contributed by atoms with Gasteiger partial charge in [-0.3, -0.25) is 5.32 Å². The molecule has 2 aliphatic heterocycles. The Balaban J connectivity index is 1.42. The highest BCUT2D eigenvalue weighted by molar-refractivity contribution is 5.79. The zero-order valence-corrected chi connectivity index (χ0v) is 16.7. The molecule has 1 saturated heterocycles. The summed E-state index contributed by atoms with van der Waals surface area (Å²) < 4.78 is 2.09. The van der Waals surface area contributed by atoms with E-state index in [1.54, 1.807) is 6.20 Å². The predicted octanol–water partition coefficient (Wildman–Crippen LogP) is 1.31. The van der Waals surface area contributed by atoms with Gasteiger partial charge in [0.05, 0.1) is 23.1 Å². The number of piperazine rings is 1. The van der Waals surface area contributed by atoms with E-state index in [4.69, 9.17) is 4.98 Å². The van der Waals surface area contributed by atoms with E-state index in [9.17, 15) is 5.11 Å². The van der Waals surface area contributed by atoms with Crippen LogP contribution in [-0.2, 0) is 5.54 Å². The van der Waals surface area contributed by atoms with Crippen molar-refractivity contribution in [3.8, 4) is 0 Å². The van der Waals surface area contributed by atoms with Crippen molar-refractivity contribution in [1.29, 1.82) is 0 Å². The highest BCUT2D eigenvalue weighted by atomic mass is 16.3. The fraction of sp³-hybridized carbons (Fsp3) is 0.450. The zero-order chi connectivity index (χ0) is 20.0. The molecule has 3 aromatic heterocycles. The maximum atomic E-state index is 10.3. The van der Waals surface area contributed by atoms with Crippen molar-refractivity contribution in [1.82, 2.24) is 30.2 Å². The van der Waals surface area contributed by atoms with Crippen molar-refractivity contribution in [2.45, 2.75) is 25.6 Å². The van der Waals surface area contributed by atoms with Gasteiger partial charge in [-0.25, -0.2) is 9.97 Å². The van der Waals surface area contributed by atoms with E-state index in [1.807, 2.05) is 18.3 Å². The van der Waals surface area contributed by atoms with E-state index in [-0.39, 0.29) is 5.54 Å². The van der Waals surface area contributed by atoms with Gasteiger partial charge >= 0.3 is 0 Å². The number of aromatic nitrogens is 4. The van der Waals surface area contributed by atoms with Crippen LogP contribution in [0.15, 0.2) is 30.6 Å². The molecule has 1 fully saturated rings. The average Bonchev–Trinajstić information content (AvgIpc) is 3.13. The molecule has 1 atom stereocenters. The standard InChI is InChI=1S/C20H26N8O/c1-20(2)12-24-18(29)15-9-13-10-23-19(26-17(13)28(15)20)25-16-4-3-14(11-22-16)27-7-5-21-6-8-27/h3-4,9-11,18,21,24,29H,5-8,12H2,1-2H3,(H,22,23,25,26). The maximum absolute atomic E-state index is 10.3. The van der Waals surface area contributed by atoms with Crippen LogP contribution in [0.1, 0.15) is 25.8 Å². The summed E-state index contributed by atoms with van der Waals surface area (Å²) in [6.45, 7) is 8.88. The normalized spacial score (nSPS) is 21.2. The molecule has 0 aromatic carbocycles. The summed E-state index contributed by atoms with van der Waals surface area (Å²) in [5, 5.41) is 20.9. The fourth-order valence-corrected chi connectivity index (χ4v) is 4.12. The molecule has 0 radical (unpaired) electrons. The molecule has 152 valence electrons. The van der Waals surface area contributed by atoms with Gasteiger partial charge in [0, 0.05) is 44.3 Å². The minimum atomic E-state index is -0.701. The lowest BCUT2D eigenvalue weighted by Gasteiger charge is -2.36. The van der Waals surface area contributed by atoms with E-state index < -0.39 is 6.23 Å². The SMILES string of the molecule is CC1(C)CNC(O)c2cc3cnc(Nc4ccc(N5CCNCC5)cn4)nc3n21. The van der Waals surface area contributed by atoms with Crippen LogP contribution in [0.5, 0.6) is 0 Å². The summed E-state index contributed by atoms with van der Waals surface area (Å²) in [5.41, 5.74) is 2.53. The summed E-state index contributed by atoms with van der Waals surface area (Å²) in [4.78, 5) is 16.0. The van der Waals surface area contributed by atoms with Crippen LogP contribution in [-0.4, -0.2) is 57.3 Å². The van der Waals surface area contributed by atoms with Crippen LogP contribution in [0.2, 0.25) is 0 Å². The second-order valence-electron chi connectivity index (χ2n) is 8.24. The summed E-state index contributed by atoms with van der Waals surface area (Å²) >= 11 is 0. The second kappa shape index (κ2) is 6.94. The minimum Gasteiger partial charge on any atom is -0.373 e. The number of rotatable bonds is 3. The maximum Gasteiger partial charge on any atom is 0.230 e. The summed E-state index contributed by atoms with van der Waals surface area (Å²) in [6.07, 6.45) is 2.97. The highest BCUT2D eigenvalue weighted by Crippen LogP contribution is 2.33. The number of aliphatic hydroxyl groups is 1. The first-order valence-electron chi connectivity index (χ1n) is 10.0. The second-order valence-corrected chi connectivity index (χ2v) is 8.24. The first-order chi connectivity index (χ1) is 14.0. The van der Waals surface area contributed by atoms with Crippen LogP contribution in [0.4, 0.5) is 17.5 Å². The topological polar surface area (TPSA) is 103 Å². The van der Waals surface area contributed by atoms with Crippen LogP contribution in [0.3, 0.4) is 0 Å². The number of hydrogen-bond acceptors (Lipinski definition) is 8. The molecule has 4 N–H and O–H groups in total. The number of pyridine rings is 1. The first-order valence-corrected chi connectivity index (χ1v) is 10.0. The molecule has 9 nitrogen and oxygen atoms in total. The van der Waals surface area contributed by atoms with Crippen molar-refractivity contribution in [3.63, 3.8) is 0 Å². The largest absolute Gasteiger partial charge is 0.373 e. The van der Waals surface area contributed by atoms with Crippen LogP contribution < -0.4 is 20.9 Å². The van der Waals surface area contributed by atoms with Crippen LogP contribution in [0, 0.1) is 0 Å². The smallest absolute Gasteiger partial charge is 0.230 e. The Hall–Kier alpha value is -2.75. The summed E-state index contributed by atoms with van der Waals surface area (Å²) in [6, 6.07) is 5.97. The van der Waals surface area contributed by atoms with E-state index in [0.29, 0.717) is 18.3 Å². The Morgan fingerprint density at radius 1 is 1.17 bits per heavy atom. The van der Waals surface area contributed by atoms with Gasteiger partial charge in [0.1, 0.15) is 17.7 Å². The highest BCUT2D eigenvalue weighted by Gasteiger charge is 2.33. The van der Waals surface area contributed by atoms with Crippen molar-refractivity contribution >= 4 is 28.5 Å². The molecule has 1 unspecified atom stereocenters. The molecule has 0 saturated carbocycles. The Kier molecular flexibility index (Phi) is 4.38. The molecular weight excluding hydrogens is 368 g/mol. The lowest BCUT2D eigenvalue weighted by molar-refractivity contribution is 0.0863. The lowest BCUT2D eigenvalue weighted by atomic mass is 10.0. The number of aliphatic hydroxyl groups excluding tert-OH is 1.